The summed E-state index contributed by atoms with van der Waals surface area (Å²) in [5.74, 6) is 1.39. The summed E-state index contributed by atoms with van der Waals surface area (Å²) in [5.41, 5.74) is 6.92. The molecule has 0 saturated carbocycles. The molecule has 1 aromatic rings. The normalized spacial score (nSPS) is 13.3. The Labute approximate surface area is 79.4 Å². The molecule has 3 nitrogen and oxygen atoms in total. The zero-order valence-corrected chi connectivity index (χ0v) is 8.49. The van der Waals surface area contributed by atoms with Crippen molar-refractivity contribution in [3.8, 4) is 0 Å². The Morgan fingerprint density at radius 3 is 2.69 bits per heavy atom. The van der Waals surface area contributed by atoms with Crippen LogP contribution >= 0.6 is 0 Å². The van der Waals surface area contributed by atoms with Crippen LogP contribution in [0.1, 0.15) is 37.8 Å². The highest BCUT2D eigenvalue weighted by Gasteiger charge is 2.09. The largest absolute Gasteiger partial charge is 0.323 e. The molecule has 0 aliphatic rings. The molecule has 0 amide bonds. The number of hydrogen-bond donors (Lipinski definition) is 1. The van der Waals surface area contributed by atoms with Crippen molar-refractivity contribution >= 4 is 0 Å². The summed E-state index contributed by atoms with van der Waals surface area (Å²) in [4.78, 5) is 8.32. The third-order valence-corrected chi connectivity index (χ3v) is 1.90. The minimum atomic E-state index is 0.0432. The SMILES string of the molecule is Cc1nccc(C(N)CC(C)C)n1. The Hall–Kier alpha value is -0.960. The van der Waals surface area contributed by atoms with Crippen molar-refractivity contribution < 1.29 is 0 Å². The molecule has 1 atom stereocenters. The van der Waals surface area contributed by atoms with Gasteiger partial charge in [0.15, 0.2) is 0 Å². The zero-order valence-electron chi connectivity index (χ0n) is 8.49. The van der Waals surface area contributed by atoms with E-state index in [1.807, 2.05) is 13.0 Å². The van der Waals surface area contributed by atoms with E-state index >= 15 is 0 Å². The fourth-order valence-corrected chi connectivity index (χ4v) is 1.31. The van der Waals surface area contributed by atoms with Crippen LogP contribution in [-0.2, 0) is 0 Å². The molecule has 0 bridgehead atoms. The van der Waals surface area contributed by atoms with Gasteiger partial charge in [0.1, 0.15) is 5.82 Å². The predicted octanol–water partition coefficient (Wildman–Crippen LogP) is 1.83. The topological polar surface area (TPSA) is 51.8 Å². The van der Waals surface area contributed by atoms with E-state index in [9.17, 15) is 0 Å². The van der Waals surface area contributed by atoms with Crippen molar-refractivity contribution in [1.82, 2.24) is 9.97 Å². The van der Waals surface area contributed by atoms with E-state index in [2.05, 4.69) is 23.8 Å². The molecule has 0 saturated heterocycles. The van der Waals surface area contributed by atoms with Crippen molar-refractivity contribution in [2.45, 2.75) is 33.2 Å². The highest BCUT2D eigenvalue weighted by Crippen LogP contribution is 2.15. The summed E-state index contributed by atoms with van der Waals surface area (Å²) in [5, 5.41) is 0. The lowest BCUT2D eigenvalue weighted by atomic mass is 10.0. The molecule has 0 spiro atoms. The minimum absolute atomic E-state index is 0.0432. The van der Waals surface area contributed by atoms with Crippen molar-refractivity contribution in [2.75, 3.05) is 0 Å². The van der Waals surface area contributed by atoms with Crippen LogP contribution in [0.15, 0.2) is 12.3 Å². The number of nitrogens with two attached hydrogens (primary N) is 1. The van der Waals surface area contributed by atoms with Gasteiger partial charge in [0.25, 0.3) is 0 Å². The maximum atomic E-state index is 5.97. The molecule has 0 fully saturated rings. The van der Waals surface area contributed by atoms with E-state index in [1.165, 1.54) is 0 Å². The average Bonchev–Trinajstić information content (AvgIpc) is 2.03. The molecule has 2 N–H and O–H groups in total. The molecule has 0 radical (unpaired) electrons. The second kappa shape index (κ2) is 4.33. The number of hydrogen-bond acceptors (Lipinski definition) is 3. The van der Waals surface area contributed by atoms with Crippen molar-refractivity contribution in [1.29, 1.82) is 0 Å². The Kier molecular flexibility index (Phi) is 3.37. The molecule has 0 aromatic carbocycles. The highest BCUT2D eigenvalue weighted by molar-refractivity contribution is 5.06. The molecule has 1 unspecified atom stereocenters. The van der Waals surface area contributed by atoms with Gasteiger partial charge >= 0.3 is 0 Å². The smallest absolute Gasteiger partial charge is 0.125 e. The van der Waals surface area contributed by atoms with Crippen LogP contribution in [0.4, 0.5) is 0 Å². The third-order valence-electron chi connectivity index (χ3n) is 1.90. The summed E-state index contributed by atoms with van der Waals surface area (Å²) in [6.45, 7) is 6.20. The fraction of sp³-hybridized carbons (Fsp3) is 0.600. The maximum absolute atomic E-state index is 5.97. The van der Waals surface area contributed by atoms with Crippen molar-refractivity contribution in [3.05, 3.63) is 23.8 Å². The van der Waals surface area contributed by atoms with Gasteiger partial charge < -0.3 is 5.73 Å². The summed E-state index contributed by atoms with van der Waals surface area (Å²) in [6.07, 6.45) is 2.73. The standard InChI is InChI=1S/C10H17N3/c1-7(2)6-9(11)10-4-5-12-8(3)13-10/h4-5,7,9H,6,11H2,1-3H3. The lowest BCUT2D eigenvalue weighted by Crippen LogP contribution is -2.15. The van der Waals surface area contributed by atoms with E-state index in [1.54, 1.807) is 6.20 Å². The Balaban J connectivity index is 2.71. The first kappa shape index (κ1) is 10.1. The molecular weight excluding hydrogens is 162 g/mol. The monoisotopic (exact) mass is 179 g/mol. The Bertz CT molecular complexity index is 271. The van der Waals surface area contributed by atoms with Gasteiger partial charge in [-0.2, -0.15) is 0 Å². The molecule has 1 heterocycles. The average molecular weight is 179 g/mol. The highest BCUT2D eigenvalue weighted by atomic mass is 14.9. The van der Waals surface area contributed by atoms with Crippen LogP contribution in [0, 0.1) is 12.8 Å². The van der Waals surface area contributed by atoms with Crippen molar-refractivity contribution in [3.63, 3.8) is 0 Å². The Morgan fingerprint density at radius 2 is 2.15 bits per heavy atom. The van der Waals surface area contributed by atoms with Gasteiger partial charge in [-0.25, -0.2) is 9.97 Å². The fourth-order valence-electron chi connectivity index (χ4n) is 1.31. The first-order valence-corrected chi connectivity index (χ1v) is 4.64. The Morgan fingerprint density at radius 1 is 1.46 bits per heavy atom. The van der Waals surface area contributed by atoms with E-state index < -0.39 is 0 Å². The van der Waals surface area contributed by atoms with E-state index in [-0.39, 0.29) is 6.04 Å². The summed E-state index contributed by atoms with van der Waals surface area (Å²) >= 11 is 0. The van der Waals surface area contributed by atoms with E-state index in [0.717, 1.165) is 17.9 Å². The lowest BCUT2D eigenvalue weighted by molar-refractivity contribution is 0.501. The second-order valence-corrected chi connectivity index (χ2v) is 3.76. The molecular formula is C10H17N3. The molecule has 72 valence electrons. The van der Waals surface area contributed by atoms with Crippen LogP contribution in [0.2, 0.25) is 0 Å². The summed E-state index contributed by atoms with van der Waals surface area (Å²) in [7, 11) is 0. The van der Waals surface area contributed by atoms with Gasteiger partial charge in [-0.1, -0.05) is 13.8 Å². The third kappa shape index (κ3) is 3.11. The van der Waals surface area contributed by atoms with Gasteiger partial charge in [0.05, 0.1) is 5.69 Å². The lowest BCUT2D eigenvalue weighted by Gasteiger charge is -2.13. The van der Waals surface area contributed by atoms with Gasteiger partial charge in [-0.05, 0) is 25.3 Å². The molecule has 3 heteroatoms. The zero-order chi connectivity index (χ0) is 9.84. The number of nitrogens with zero attached hydrogens (tertiary/aromatic N) is 2. The quantitative estimate of drug-likeness (QED) is 0.770. The maximum Gasteiger partial charge on any atom is 0.125 e. The molecule has 1 rings (SSSR count). The number of rotatable bonds is 3. The van der Waals surface area contributed by atoms with Gasteiger partial charge in [-0.15, -0.1) is 0 Å². The van der Waals surface area contributed by atoms with Crippen LogP contribution in [0.3, 0.4) is 0 Å². The molecule has 0 aliphatic carbocycles. The van der Waals surface area contributed by atoms with Gasteiger partial charge in [0.2, 0.25) is 0 Å². The van der Waals surface area contributed by atoms with Crippen LogP contribution in [0.5, 0.6) is 0 Å². The minimum Gasteiger partial charge on any atom is -0.323 e. The van der Waals surface area contributed by atoms with Crippen LogP contribution < -0.4 is 5.73 Å². The van der Waals surface area contributed by atoms with Crippen molar-refractivity contribution in [2.24, 2.45) is 11.7 Å². The number of aryl methyl sites for hydroxylation is 1. The van der Waals surface area contributed by atoms with Crippen LogP contribution in [-0.4, -0.2) is 9.97 Å². The van der Waals surface area contributed by atoms with E-state index in [4.69, 9.17) is 5.73 Å². The van der Waals surface area contributed by atoms with Gasteiger partial charge in [0, 0.05) is 12.2 Å². The predicted molar refractivity (Wildman–Crippen MR) is 53.2 cm³/mol. The van der Waals surface area contributed by atoms with Gasteiger partial charge in [-0.3, -0.25) is 0 Å². The summed E-state index contributed by atoms with van der Waals surface area (Å²) in [6, 6.07) is 1.93. The second-order valence-electron chi connectivity index (χ2n) is 3.76. The first-order chi connectivity index (χ1) is 6.09. The molecule has 1 aromatic heterocycles. The molecule has 0 aliphatic heterocycles. The van der Waals surface area contributed by atoms with Crippen LogP contribution in [0.25, 0.3) is 0 Å². The first-order valence-electron chi connectivity index (χ1n) is 4.64. The van der Waals surface area contributed by atoms with E-state index in [0.29, 0.717) is 5.92 Å². The summed E-state index contributed by atoms with van der Waals surface area (Å²) < 4.78 is 0. The number of aromatic nitrogens is 2. The molecule has 13 heavy (non-hydrogen) atoms.